The van der Waals surface area contributed by atoms with Crippen molar-refractivity contribution >= 4 is 12.0 Å². The zero-order valence-corrected chi connectivity index (χ0v) is 17.1. The molecule has 7 heteroatoms. The Hall–Kier alpha value is -2.44. The summed E-state index contributed by atoms with van der Waals surface area (Å²) in [5, 5.41) is 12.7. The van der Waals surface area contributed by atoms with Crippen LogP contribution in [0.25, 0.3) is 0 Å². The highest BCUT2D eigenvalue weighted by atomic mass is 16.5. The maximum absolute atomic E-state index is 12.7. The second kappa shape index (κ2) is 7.53. The van der Waals surface area contributed by atoms with E-state index in [4.69, 9.17) is 9.47 Å². The number of urea groups is 1. The number of nitrogens with one attached hydrogen (secondary N) is 1. The number of likely N-dealkylation sites (tertiary alicyclic amines) is 1. The monoisotopic (exact) mass is 390 g/mol. The van der Waals surface area contributed by atoms with Crippen molar-refractivity contribution in [1.29, 1.82) is 0 Å². The highest BCUT2D eigenvalue weighted by Crippen LogP contribution is 2.48. The Morgan fingerprint density at radius 2 is 2.00 bits per heavy atom. The summed E-state index contributed by atoms with van der Waals surface area (Å²) in [4.78, 5) is 26.2. The van der Waals surface area contributed by atoms with Gasteiger partial charge >= 0.3 is 12.0 Å². The Bertz CT molecular complexity index is 763. The molecule has 0 radical (unpaired) electrons. The minimum Gasteiger partial charge on any atom is -0.493 e. The predicted molar refractivity (Wildman–Crippen MR) is 105 cm³/mol. The molecule has 0 aromatic heterocycles. The van der Waals surface area contributed by atoms with Gasteiger partial charge in [0.1, 0.15) is 0 Å². The van der Waals surface area contributed by atoms with Gasteiger partial charge in [-0.25, -0.2) is 4.79 Å². The van der Waals surface area contributed by atoms with Gasteiger partial charge in [0.05, 0.1) is 19.6 Å². The summed E-state index contributed by atoms with van der Waals surface area (Å²) < 4.78 is 10.7. The number of ether oxygens (including phenoxy) is 2. The Morgan fingerprint density at radius 3 is 2.61 bits per heavy atom. The number of carboxylic acid groups (broad SMARTS) is 1. The number of carboxylic acids is 1. The minimum absolute atomic E-state index is 0.0645. The number of hydrogen-bond donors (Lipinski definition) is 2. The predicted octanol–water partition coefficient (Wildman–Crippen LogP) is 2.88. The van der Waals surface area contributed by atoms with Gasteiger partial charge in [-0.1, -0.05) is 26.3 Å². The minimum atomic E-state index is -0.768. The van der Waals surface area contributed by atoms with Crippen molar-refractivity contribution in [2.45, 2.75) is 38.5 Å². The van der Waals surface area contributed by atoms with Crippen molar-refractivity contribution in [2.24, 2.45) is 11.3 Å². The average molecular weight is 390 g/mol. The zero-order chi connectivity index (χ0) is 20.5. The first-order chi connectivity index (χ1) is 13.2. The summed E-state index contributed by atoms with van der Waals surface area (Å²) in [5.74, 6) is 0.606. The van der Waals surface area contributed by atoms with Crippen LogP contribution >= 0.6 is 0 Å². The first-order valence-electron chi connectivity index (χ1n) is 9.72. The molecule has 1 aromatic rings. The van der Waals surface area contributed by atoms with Crippen LogP contribution in [0.4, 0.5) is 4.79 Å². The summed E-state index contributed by atoms with van der Waals surface area (Å²) in [7, 11) is 3.19. The fourth-order valence-electron chi connectivity index (χ4n) is 4.56. The van der Waals surface area contributed by atoms with Crippen LogP contribution in [0.3, 0.4) is 0 Å². The normalized spacial score (nSPS) is 24.0. The van der Waals surface area contributed by atoms with Gasteiger partial charge in [-0.05, 0) is 36.5 Å². The lowest BCUT2D eigenvalue weighted by Crippen LogP contribution is -2.45. The SMILES string of the molecule is COc1ccc(C(C)(C)CNC(=O)N2C[C@@H]3CCC[C@@]3(C(=O)O)C2)cc1OC. The molecule has 3 rings (SSSR count). The number of aliphatic carboxylic acids is 1. The third kappa shape index (κ3) is 3.50. The van der Waals surface area contributed by atoms with Gasteiger partial charge in [0.2, 0.25) is 0 Å². The molecule has 0 spiro atoms. The van der Waals surface area contributed by atoms with E-state index in [1.807, 2.05) is 32.0 Å². The first-order valence-corrected chi connectivity index (χ1v) is 9.72. The molecular formula is C21H30N2O5. The Balaban J connectivity index is 1.65. The molecule has 2 amide bonds. The van der Waals surface area contributed by atoms with Crippen LogP contribution in [0, 0.1) is 11.3 Å². The molecule has 1 saturated heterocycles. The van der Waals surface area contributed by atoms with Gasteiger partial charge in [0.25, 0.3) is 0 Å². The van der Waals surface area contributed by atoms with Crippen molar-refractivity contribution in [3.8, 4) is 11.5 Å². The average Bonchev–Trinajstić information content (AvgIpc) is 3.24. The molecule has 1 heterocycles. The molecule has 1 saturated carbocycles. The van der Waals surface area contributed by atoms with Crippen molar-refractivity contribution in [3.05, 3.63) is 23.8 Å². The van der Waals surface area contributed by atoms with E-state index < -0.39 is 11.4 Å². The number of nitrogens with zero attached hydrogens (tertiary/aromatic N) is 1. The Morgan fingerprint density at radius 1 is 1.29 bits per heavy atom. The van der Waals surface area contributed by atoms with Gasteiger partial charge in [0.15, 0.2) is 11.5 Å². The quantitative estimate of drug-likeness (QED) is 0.780. The summed E-state index contributed by atoms with van der Waals surface area (Å²) in [6, 6.07) is 5.55. The van der Waals surface area contributed by atoms with E-state index in [0.29, 0.717) is 37.6 Å². The topological polar surface area (TPSA) is 88.1 Å². The van der Waals surface area contributed by atoms with E-state index >= 15 is 0 Å². The summed E-state index contributed by atoms with van der Waals surface area (Å²) in [6.45, 7) is 5.35. The molecular weight excluding hydrogens is 360 g/mol. The highest BCUT2D eigenvalue weighted by molar-refractivity contribution is 5.80. The highest BCUT2D eigenvalue weighted by Gasteiger charge is 2.55. The number of amides is 2. The van der Waals surface area contributed by atoms with Crippen LogP contribution in [0.1, 0.15) is 38.7 Å². The van der Waals surface area contributed by atoms with Crippen LogP contribution < -0.4 is 14.8 Å². The van der Waals surface area contributed by atoms with Crippen LogP contribution in [-0.2, 0) is 10.2 Å². The number of carbonyl (C=O) groups is 2. The third-order valence-corrected chi connectivity index (χ3v) is 6.43. The van der Waals surface area contributed by atoms with E-state index in [0.717, 1.165) is 18.4 Å². The molecule has 1 aliphatic carbocycles. The fraction of sp³-hybridized carbons (Fsp3) is 0.619. The lowest BCUT2D eigenvalue weighted by atomic mass is 9.81. The van der Waals surface area contributed by atoms with Crippen molar-refractivity contribution in [2.75, 3.05) is 33.9 Å². The van der Waals surface area contributed by atoms with Gasteiger partial charge in [-0.15, -0.1) is 0 Å². The Labute approximate surface area is 166 Å². The third-order valence-electron chi connectivity index (χ3n) is 6.43. The molecule has 28 heavy (non-hydrogen) atoms. The molecule has 0 unspecified atom stereocenters. The first kappa shape index (κ1) is 20.3. The molecule has 2 N–H and O–H groups in total. The van der Waals surface area contributed by atoms with Gasteiger partial charge in [-0.2, -0.15) is 0 Å². The number of carbonyl (C=O) groups excluding carboxylic acids is 1. The number of benzene rings is 1. The molecule has 2 atom stereocenters. The van der Waals surface area contributed by atoms with E-state index in [2.05, 4.69) is 5.32 Å². The van der Waals surface area contributed by atoms with Crippen molar-refractivity contribution in [3.63, 3.8) is 0 Å². The second-order valence-corrected chi connectivity index (χ2v) is 8.54. The number of hydrogen-bond acceptors (Lipinski definition) is 4. The number of methoxy groups -OCH3 is 2. The molecule has 1 aromatic carbocycles. The summed E-state index contributed by atoms with van der Waals surface area (Å²) in [6.07, 6.45) is 2.47. The summed E-state index contributed by atoms with van der Waals surface area (Å²) in [5.41, 5.74) is -0.0587. The zero-order valence-electron chi connectivity index (χ0n) is 17.1. The van der Waals surface area contributed by atoms with E-state index in [1.165, 1.54) is 0 Å². The van der Waals surface area contributed by atoms with Crippen molar-refractivity contribution < 1.29 is 24.2 Å². The number of fused-ring (bicyclic) bond motifs is 1. The fourth-order valence-corrected chi connectivity index (χ4v) is 4.56. The van der Waals surface area contributed by atoms with Crippen LogP contribution in [-0.4, -0.2) is 55.9 Å². The largest absolute Gasteiger partial charge is 0.493 e. The second-order valence-electron chi connectivity index (χ2n) is 8.54. The number of rotatable bonds is 6. The molecule has 0 bridgehead atoms. The van der Waals surface area contributed by atoms with Crippen LogP contribution in [0.2, 0.25) is 0 Å². The lowest BCUT2D eigenvalue weighted by molar-refractivity contribution is -0.149. The lowest BCUT2D eigenvalue weighted by Gasteiger charge is -2.28. The van der Waals surface area contributed by atoms with Crippen molar-refractivity contribution in [1.82, 2.24) is 10.2 Å². The van der Waals surface area contributed by atoms with Crippen LogP contribution in [0.15, 0.2) is 18.2 Å². The summed E-state index contributed by atoms with van der Waals surface area (Å²) >= 11 is 0. The molecule has 7 nitrogen and oxygen atoms in total. The Kier molecular flexibility index (Phi) is 5.46. The standard InChI is InChI=1S/C21H30N2O5/c1-20(2,14-7-8-16(27-3)17(10-14)28-4)12-22-19(26)23-11-15-6-5-9-21(15,13-23)18(24)25/h7-8,10,15H,5-6,9,11-13H2,1-4H3,(H,22,26)(H,24,25)/t15-,21+/m0/s1. The van der Waals surface area contributed by atoms with Gasteiger partial charge < -0.3 is 24.8 Å². The molecule has 2 fully saturated rings. The van der Waals surface area contributed by atoms with Crippen LogP contribution in [0.5, 0.6) is 11.5 Å². The maximum Gasteiger partial charge on any atom is 0.317 e. The van der Waals surface area contributed by atoms with E-state index in [9.17, 15) is 14.7 Å². The van der Waals surface area contributed by atoms with Gasteiger partial charge in [-0.3, -0.25) is 4.79 Å². The maximum atomic E-state index is 12.7. The van der Waals surface area contributed by atoms with E-state index in [-0.39, 0.29) is 17.4 Å². The molecule has 1 aliphatic heterocycles. The molecule has 154 valence electrons. The van der Waals surface area contributed by atoms with Gasteiger partial charge in [0, 0.05) is 25.0 Å². The smallest absolute Gasteiger partial charge is 0.317 e. The molecule has 2 aliphatic rings. The van der Waals surface area contributed by atoms with E-state index in [1.54, 1.807) is 19.1 Å².